The van der Waals surface area contributed by atoms with Gasteiger partial charge in [0, 0.05) is 4.47 Å². The maximum Gasteiger partial charge on any atom is 0.338 e. The molecule has 0 amide bonds. The van der Waals surface area contributed by atoms with E-state index in [2.05, 4.69) is 31.9 Å². The van der Waals surface area contributed by atoms with E-state index in [0.717, 1.165) is 14.5 Å². The average molecular weight is 400 g/mol. The lowest BCUT2D eigenvalue weighted by molar-refractivity contribution is 0.0600. The Hall–Kier alpha value is -1.33. The van der Waals surface area contributed by atoms with Crippen LogP contribution in [-0.4, -0.2) is 13.1 Å². The van der Waals surface area contributed by atoms with E-state index in [-0.39, 0.29) is 0 Å². The van der Waals surface area contributed by atoms with Gasteiger partial charge < -0.3 is 9.47 Å². The fraction of sp³-hybridized carbons (Fsp3) is 0.133. The molecule has 0 aromatic heterocycles. The van der Waals surface area contributed by atoms with Crippen molar-refractivity contribution in [3.8, 4) is 5.75 Å². The van der Waals surface area contributed by atoms with Crippen molar-refractivity contribution in [1.29, 1.82) is 0 Å². The molecule has 0 radical (unpaired) electrons. The molecular formula is C15H12Br2O3. The van der Waals surface area contributed by atoms with Crippen molar-refractivity contribution in [3.63, 3.8) is 0 Å². The van der Waals surface area contributed by atoms with Crippen LogP contribution in [0.15, 0.2) is 51.4 Å². The van der Waals surface area contributed by atoms with Gasteiger partial charge in [-0.15, -0.1) is 0 Å². The Bertz CT molecular complexity index is 612. The van der Waals surface area contributed by atoms with Crippen LogP contribution < -0.4 is 4.74 Å². The van der Waals surface area contributed by atoms with E-state index in [0.29, 0.717) is 17.9 Å². The highest BCUT2D eigenvalue weighted by Gasteiger charge is 2.13. The van der Waals surface area contributed by atoms with Crippen molar-refractivity contribution in [1.82, 2.24) is 0 Å². The van der Waals surface area contributed by atoms with Gasteiger partial charge in [-0.25, -0.2) is 4.79 Å². The van der Waals surface area contributed by atoms with Gasteiger partial charge in [0.1, 0.15) is 12.4 Å². The van der Waals surface area contributed by atoms with Crippen molar-refractivity contribution in [2.45, 2.75) is 6.61 Å². The molecular weight excluding hydrogens is 388 g/mol. The van der Waals surface area contributed by atoms with Gasteiger partial charge in [0.15, 0.2) is 0 Å². The molecule has 3 nitrogen and oxygen atoms in total. The summed E-state index contributed by atoms with van der Waals surface area (Å²) in [6, 6.07) is 13.2. The number of carbonyl (C=O) groups is 1. The van der Waals surface area contributed by atoms with Gasteiger partial charge in [-0.3, -0.25) is 0 Å². The molecule has 0 unspecified atom stereocenters. The number of benzene rings is 2. The smallest absolute Gasteiger partial charge is 0.338 e. The SMILES string of the molecule is COC(=O)c1cc(Br)c(Br)c(OCc2ccccc2)c1. The third-order valence-corrected chi connectivity index (χ3v) is 4.63. The largest absolute Gasteiger partial charge is 0.488 e. The topological polar surface area (TPSA) is 35.5 Å². The van der Waals surface area contributed by atoms with Crippen LogP contribution in [0.5, 0.6) is 5.75 Å². The summed E-state index contributed by atoms with van der Waals surface area (Å²) in [5, 5.41) is 0. The first-order valence-corrected chi connectivity index (χ1v) is 7.44. The average Bonchev–Trinajstić information content (AvgIpc) is 2.48. The predicted octanol–water partition coefficient (Wildman–Crippen LogP) is 4.58. The number of esters is 1. The fourth-order valence-electron chi connectivity index (χ4n) is 1.64. The molecule has 0 saturated carbocycles. The number of halogens is 2. The standard InChI is InChI=1S/C15H12Br2O3/c1-19-15(18)11-7-12(16)14(17)13(8-11)20-9-10-5-3-2-4-6-10/h2-8H,9H2,1H3. The zero-order valence-corrected chi connectivity index (χ0v) is 13.9. The minimum atomic E-state index is -0.400. The number of hydrogen-bond donors (Lipinski definition) is 0. The van der Waals surface area contributed by atoms with Crippen LogP contribution in [-0.2, 0) is 11.3 Å². The summed E-state index contributed by atoms with van der Waals surface area (Å²) in [5.41, 5.74) is 1.49. The highest BCUT2D eigenvalue weighted by atomic mass is 79.9. The molecule has 0 N–H and O–H groups in total. The Kier molecular flexibility index (Phi) is 5.20. The number of methoxy groups -OCH3 is 1. The van der Waals surface area contributed by atoms with Crippen LogP contribution in [0.1, 0.15) is 15.9 Å². The Balaban J connectivity index is 2.22. The Morgan fingerprint density at radius 3 is 2.50 bits per heavy atom. The molecule has 20 heavy (non-hydrogen) atoms. The molecule has 0 aliphatic rings. The lowest BCUT2D eigenvalue weighted by Gasteiger charge is -2.11. The summed E-state index contributed by atoms with van der Waals surface area (Å²) in [7, 11) is 1.35. The van der Waals surface area contributed by atoms with Crippen molar-refractivity contribution in [3.05, 3.63) is 62.5 Å². The zero-order chi connectivity index (χ0) is 14.5. The van der Waals surface area contributed by atoms with Crippen LogP contribution in [0.25, 0.3) is 0 Å². The Labute approximate surface area is 134 Å². The summed E-state index contributed by atoms with van der Waals surface area (Å²) >= 11 is 6.82. The minimum absolute atomic E-state index is 0.400. The number of hydrogen-bond acceptors (Lipinski definition) is 3. The van der Waals surface area contributed by atoms with E-state index in [4.69, 9.17) is 9.47 Å². The van der Waals surface area contributed by atoms with Gasteiger partial charge in [-0.2, -0.15) is 0 Å². The van der Waals surface area contributed by atoms with Crippen molar-refractivity contribution >= 4 is 37.8 Å². The van der Waals surface area contributed by atoms with Gasteiger partial charge in [0.25, 0.3) is 0 Å². The lowest BCUT2D eigenvalue weighted by Crippen LogP contribution is -2.03. The number of ether oxygens (including phenoxy) is 2. The highest BCUT2D eigenvalue weighted by molar-refractivity contribution is 9.13. The minimum Gasteiger partial charge on any atom is -0.488 e. The van der Waals surface area contributed by atoms with Crippen LogP contribution in [0.4, 0.5) is 0 Å². The Morgan fingerprint density at radius 2 is 1.85 bits per heavy atom. The normalized spacial score (nSPS) is 10.2. The van der Waals surface area contributed by atoms with Crippen LogP contribution >= 0.6 is 31.9 Å². The molecule has 5 heteroatoms. The third-order valence-electron chi connectivity index (χ3n) is 2.65. The van der Waals surface area contributed by atoms with E-state index in [1.165, 1.54) is 7.11 Å². The molecule has 2 aromatic carbocycles. The van der Waals surface area contributed by atoms with Gasteiger partial charge in [0.05, 0.1) is 17.1 Å². The van der Waals surface area contributed by atoms with Crippen molar-refractivity contribution in [2.75, 3.05) is 7.11 Å². The first-order chi connectivity index (χ1) is 9.61. The summed E-state index contributed by atoms with van der Waals surface area (Å²) < 4.78 is 12.0. The maximum absolute atomic E-state index is 11.6. The first kappa shape index (κ1) is 15.1. The molecule has 0 saturated heterocycles. The second kappa shape index (κ2) is 6.90. The quantitative estimate of drug-likeness (QED) is 0.706. The van der Waals surface area contributed by atoms with E-state index >= 15 is 0 Å². The molecule has 0 heterocycles. The lowest BCUT2D eigenvalue weighted by atomic mass is 10.2. The van der Waals surface area contributed by atoms with E-state index in [1.807, 2.05) is 30.3 Å². The molecule has 0 spiro atoms. The van der Waals surface area contributed by atoms with Gasteiger partial charge >= 0.3 is 5.97 Å². The summed E-state index contributed by atoms with van der Waals surface area (Å²) in [6.45, 7) is 0.427. The van der Waals surface area contributed by atoms with E-state index in [1.54, 1.807) is 12.1 Å². The third kappa shape index (κ3) is 3.61. The summed E-state index contributed by atoms with van der Waals surface area (Å²) in [4.78, 5) is 11.6. The molecule has 0 aliphatic heterocycles. The molecule has 2 rings (SSSR count). The van der Waals surface area contributed by atoms with Crippen molar-refractivity contribution < 1.29 is 14.3 Å². The van der Waals surface area contributed by atoms with Gasteiger partial charge in [-0.1, -0.05) is 30.3 Å². The fourth-order valence-corrected chi connectivity index (χ4v) is 2.43. The summed E-state index contributed by atoms with van der Waals surface area (Å²) in [5.74, 6) is 0.186. The van der Waals surface area contributed by atoms with Crippen LogP contribution in [0, 0.1) is 0 Å². The molecule has 104 valence electrons. The maximum atomic E-state index is 11.6. The molecule has 0 bridgehead atoms. The predicted molar refractivity (Wildman–Crippen MR) is 84.0 cm³/mol. The van der Waals surface area contributed by atoms with Gasteiger partial charge in [0.2, 0.25) is 0 Å². The highest BCUT2D eigenvalue weighted by Crippen LogP contribution is 2.34. The first-order valence-electron chi connectivity index (χ1n) is 5.86. The number of rotatable bonds is 4. The van der Waals surface area contributed by atoms with Gasteiger partial charge in [-0.05, 0) is 49.6 Å². The summed E-state index contributed by atoms with van der Waals surface area (Å²) in [6.07, 6.45) is 0. The monoisotopic (exact) mass is 398 g/mol. The second-order valence-electron chi connectivity index (χ2n) is 4.04. The zero-order valence-electron chi connectivity index (χ0n) is 10.7. The van der Waals surface area contributed by atoms with E-state index < -0.39 is 5.97 Å². The second-order valence-corrected chi connectivity index (χ2v) is 5.68. The van der Waals surface area contributed by atoms with E-state index in [9.17, 15) is 4.79 Å². The van der Waals surface area contributed by atoms with Crippen molar-refractivity contribution in [2.24, 2.45) is 0 Å². The molecule has 2 aromatic rings. The number of carbonyl (C=O) groups excluding carboxylic acids is 1. The van der Waals surface area contributed by atoms with Crippen LogP contribution in [0.3, 0.4) is 0 Å². The molecule has 0 aliphatic carbocycles. The molecule has 0 fully saturated rings. The Morgan fingerprint density at radius 1 is 1.15 bits per heavy atom. The molecule has 0 atom stereocenters. The van der Waals surface area contributed by atoms with Crippen LogP contribution in [0.2, 0.25) is 0 Å².